The van der Waals surface area contributed by atoms with Gasteiger partial charge in [-0.2, -0.15) is 11.8 Å². The standard InChI is InChI=1S/C35H62N10O12S/c1-6-18(4)28(45-29(50)19(36)7-10-25(37)47)34(55)44-24(16-46)33(54)41-21(13-14-58-5)31(52)43-23(15-17(2)3)32(53)40-20(8-11-26(38)48)30(51)42-22(35(56)57)9-12-27(39)49/h17-24,28,46H,6-16,36H2,1-5H3,(H2,37,47)(H2,38,48)(H2,39,49)(H,40,53)(H,41,54)(H,42,51)(H,43,52)(H,44,55)(H,45,50)(H,56,57)/t18-,19-,20-,21-,22-,23-,24-,28-/m0/s1. The average molecular weight is 847 g/mol. The van der Waals surface area contributed by atoms with E-state index in [1.54, 1.807) is 34.0 Å². The van der Waals surface area contributed by atoms with Crippen LogP contribution in [0.5, 0.6) is 0 Å². The van der Waals surface area contributed by atoms with Crippen LogP contribution in [0.4, 0.5) is 0 Å². The number of nitrogens with one attached hydrogen (secondary N) is 6. The third-order valence-electron chi connectivity index (χ3n) is 8.84. The summed E-state index contributed by atoms with van der Waals surface area (Å²) in [5.74, 6) is -9.43. The van der Waals surface area contributed by atoms with Gasteiger partial charge in [-0.3, -0.25) is 43.2 Å². The number of hydrogen-bond donors (Lipinski definition) is 12. The number of carbonyl (C=O) groups excluding carboxylic acids is 9. The lowest BCUT2D eigenvalue weighted by Gasteiger charge is -2.28. The van der Waals surface area contributed by atoms with Crippen molar-refractivity contribution in [2.75, 3.05) is 18.6 Å². The van der Waals surface area contributed by atoms with Gasteiger partial charge in [-0.05, 0) is 55.9 Å². The van der Waals surface area contributed by atoms with Gasteiger partial charge in [0.1, 0.15) is 36.3 Å². The number of rotatable bonds is 30. The van der Waals surface area contributed by atoms with Crippen molar-refractivity contribution in [3.8, 4) is 0 Å². The van der Waals surface area contributed by atoms with Crippen molar-refractivity contribution in [3.63, 3.8) is 0 Å². The van der Waals surface area contributed by atoms with Crippen LogP contribution < -0.4 is 54.8 Å². The smallest absolute Gasteiger partial charge is 0.326 e. The molecular weight excluding hydrogens is 785 g/mol. The van der Waals surface area contributed by atoms with Crippen molar-refractivity contribution in [3.05, 3.63) is 0 Å². The molecule has 0 bridgehead atoms. The molecule has 0 saturated heterocycles. The first-order chi connectivity index (χ1) is 27.1. The van der Waals surface area contributed by atoms with Crippen molar-refractivity contribution in [2.24, 2.45) is 34.8 Å². The molecule has 0 aliphatic heterocycles. The summed E-state index contributed by atoms with van der Waals surface area (Å²) >= 11 is 1.33. The van der Waals surface area contributed by atoms with Gasteiger partial charge in [-0.1, -0.05) is 34.1 Å². The van der Waals surface area contributed by atoms with Crippen LogP contribution in [0.2, 0.25) is 0 Å². The molecule has 22 nitrogen and oxygen atoms in total. The molecule has 0 radical (unpaired) electrons. The topological polar surface area (TPSA) is 387 Å². The number of aliphatic carboxylic acids is 1. The molecular formula is C35H62N10O12S. The van der Waals surface area contributed by atoms with Gasteiger partial charge < -0.3 is 65.0 Å². The number of hydrogen-bond acceptors (Lipinski definition) is 13. The normalized spacial score (nSPS) is 15.2. The predicted molar refractivity (Wildman–Crippen MR) is 211 cm³/mol. The monoisotopic (exact) mass is 846 g/mol. The number of aliphatic hydroxyl groups is 1. The van der Waals surface area contributed by atoms with Crippen LogP contribution in [0, 0.1) is 11.8 Å². The van der Waals surface area contributed by atoms with Crippen LogP contribution in [0.3, 0.4) is 0 Å². The van der Waals surface area contributed by atoms with E-state index in [4.69, 9.17) is 22.9 Å². The zero-order valence-electron chi connectivity index (χ0n) is 33.7. The number of thioether (sulfide) groups is 1. The summed E-state index contributed by atoms with van der Waals surface area (Å²) < 4.78 is 0. The third kappa shape index (κ3) is 20.9. The lowest BCUT2D eigenvalue weighted by atomic mass is 9.97. The Morgan fingerprint density at radius 2 is 0.983 bits per heavy atom. The first-order valence-electron chi connectivity index (χ1n) is 18.8. The van der Waals surface area contributed by atoms with Gasteiger partial charge >= 0.3 is 5.97 Å². The molecule has 9 amide bonds. The summed E-state index contributed by atoms with van der Waals surface area (Å²) in [6, 6.07) is -9.66. The van der Waals surface area contributed by atoms with E-state index in [-0.39, 0.29) is 57.3 Å². The van der Waals surface area contributed by atoms with Crippen LogP contribution in [-0.2, 0) is 47.9 Å². The van der Waals surface area contributed by atoms with E-state index >= 15 is 0 Å². The lowest BCUT2D eigenvalue weighted by molar-refractivity contribution is -0.143. The molecule has 0 aromatic heterocycles. The SMILES string of the molecule is CC[C@H](C)[C@H](NC(=O)[C@@H](N)CCC(N)=O)C(=O)N[C@@H](CO)C(=O)N[C@@H](CCSC)C(=O)N[C@@H](CC(C)C)C(=O)N[C@@H](CCC(N)=O)C(=O)N[C@@H](CCC(N)=O)C(=O)O. The van der Waals surface area contributed by atoms with Gasteiger partial charge in [0.25, 0.3) is 0 Å². The molecule has 58 heavy (non-hydrogen) atoms. The van der Waals surface area contributed by atoms with Crippen molar-refractivity contribution in [2.45, 2.75) is 128 Å². The zero-order valence-corrected chi connectivity index (χ0v) is 34.5. The zero-order chi connectivity index (χ0) is 44.7. The molecule has 0 aliphatic carbocycles. The predicted octanol–water partition coefficient (Wildman–Crippen LogP) is -4.06. The minimum absolute atomic E-state index is 0.0194. The summed E-state index contributed by atoms with van der Waals surface area (Å²) in [6.45, 7) is 5.98. The van der Waals surface area contributed by atoms with Crippen LogP contribution in [0.25, 0.3) is 0 Å². The number of primary amides is 3. The number of carboxylic acids is 1. The second-order valence-corrected chi connectivity index (χ2v) is 15.2. The van der Waals surface area contributed by atoms with Gasteiger partial charge in [0, 0.05) is 19.3 Å². The van der Waals surface area contributed by atoms with Gasteiger partial charge in [-0.15, -0.1) is 0 Å². The molecule has 16 N–H and O–H groups in total. The first-order valence-corrected chi connectivity index (χ1v) is 20.2. The van der Waals surface area contributed by atoms with E-state index in [0.29, 0.717) is 12.2 Å². The third-order valence-corrected chi connectivity index (χ3v) is 9.48. The second-order valence-electron chi connectivity index (χ2n) is 14.2. The Morgan fingerprint density at radius 3 is 1.43 bits per heavy atom. The highest BCUT2D eigenvalue weighted by Gasteiger charge is 2.35. The first kappa shape index (κ1) is 53.0. The lowest BCUT2D eigenvalue weighted by Crippen LogP contribution is -2.61. The minimum atomic E-state index is -1.60. The molecule has 0 spiro atoms. The Bertz CT molecular complexity index is 1450. The van der Waals surface area contributed by atoms with E-state index in [1.807, 2.05) is 0 Å². The van der Waals surface area contributed by atoms with E-state index in [9.17, 15) is 58.2 Å². The average Bonchev–Trinajstić information content (AvgIpc) is 3.14. The fourth-order valence-corrected chi connectivity index (χ4v) is 5.71. The van der Waals surface area contributed by atoms with Crippen LogP contribution >= 0.6 is 11.8 Å². The molecule has 0 rings (SSSR count). The van der Waals surface area contributed by atoms with E-state index in [1.165, 1.54) is 11.8 Å². The molecule has 8 atom stereocenters. The quantitative estimate of drug-likeness (QED) is 0.0328. The fourth-order valence-electron chi connectivity index (χ4n) is 5.24. The molecule has 0 aromatic rings. The van der Waals surface area contributed by atoms with Gasteiger partial charge in [-0.25, -0.2) is 4.79 Å². The van der Waals surface area contributed by atoms with Crippen LogP contribution in [-0.4, -0.2) is 130 Å². The van der Waals surface area contributed by atoms with Crippen molar-refractivity contribution in [1.82, 2.24) is 31.9 Å². The molecule has 0 saturated carbocycles. The van der Waals surface area contributed by atoms with Gasteiger partial charge in [0.05, 0.1) is 12.6 Å². The Morgan fingerprint density at radius 1 is 0.569 bits per heavy atom. The number of amides is 9. The Hall–Kier alpha value is -5.03. The maximum atomic E-state index is 13.7. The van der Waals surface area contributed by atoms with Crippen LogP contribution in [0.15, 0.2) is 0 Å². The Labute approximate surface area is 341 Å². The summed E-state index contributed by atoms with van der Waals surface area (Å²) in [4.78, 5) is 126. The van der Waals surface area contributed by atoms with Crippen molar-refractivity contribution in [1.29, 1.82) is 0 Å². The number of carbonyl (C=O) groups is 10. The Balaban J connectivity index is 6.20. The van der Waals surface area contributed by atoms with Crippen LogP contribution in [0.1, 0.15) is 85.5 Å². The molecule has 0 aromatic carbocycles. The fraction of sp³-hybridized carbons (Fsp3) is 0.714. The van der Waals surface area contributed by atoms with Crippen molar-refractivity contribution >= 4 is 70.9 Å². The maximum Gasteiger partial charge on any atom is 0.326 e. The molecule has 0 fully saturated rings. The summed E-state index contributed by atoms with van der Waals surface area (Å²) in [7, 11) is 0. The molecule has 23 heteroatoms. The van der Waals surface area contributed by atoms with Crippen molar-refractivity contribution < 1.29 is 58.2 Å². The highest BCUT2D eigenvalue weighted by Crippen LogP contribution is 2.12. The largest absolute Gasteiger partial charge is 0.480 e. The highest BCUT2D eigenvalue weighted by atomic mass is 32.2. The summed E-state index contributed by atoms with van der Waals surface area (Å²) in [5, 5.41) is 34.2. The number of nitrogens with two attached hydrogens (primary N) is 4. The summed E-state index contributed by atoms with van der Waals surface area (Å²) in [6.07, 6.45) is 0.494. The molecule has 0 heterocycles. The van der Waals surface area contributed by atoms with Gasteiger partial charge in [0.15, 0.2) is 0 Å². The minimum Gasteiger partial charge on any atom is -0.480 e. The number of aliphatic hydroxyl groups excluding tert-OH is 1. The molecule has 330 valence electrons. The molecule has 0 aliphatic rings. The van der Waals surface area contributed by atoms with Gasteiger partial charge in [0.2, 0.25) is 53.2 Å². The number of carboxylic acid groups (broad SMARTS) is 1. The second kappa shape index (κ2) is 27.6. The maximum absolute atomic E-state index is 13.7. The molecule has 0 unspecified atom stereocenters. The summed E-state index contributed by atoms with van der Waals surface area (Å²) in [5.41, 5.74) is 21.3. The van der Waals surface area contributed by atoms with E-state index in [2.05, 4.69) is 31.9 Å². The highest BCUT2D eigenvalue weighted by molar-refractivity contribution is 7.98. The Kier molecular flexibility index (Phi) is 25.2. The van der Waals surface area contributed by atoms with E-state index in [0.717, 1.165) is 0 Å². The van der Waals surface area contributed by atoms with E-state index < -0.39 is 114 Å².